The Balaban J connectivity index is 1.66. The van der Waals surface area contributed by atoms with E-state index in [0.29, 0.717) is 31.6 Å². The highest BCUT2D eigenvalue weighted by Gasteiger charge is 2.80. The predicted molar refractivity (Wildman–Crippen MR) is 103 cm³/mol. The van der Waals surface area contributed by atoms with E-state index in [1.165, 1.54) is 5.56 Å². The van der Waals surface area contributed by atoms with Gasteiger partial charge in [-0.05, 0) is 44.2 Å². The third-order valence-electron chi connectivity index (χ3n) is 7.98. The maximum absolute atomic E-state index is 12.4. The molecule has 5 atom stereocenters. The van der Waals surface area contributed by atoms with Gasteiger partial charge in [-0.3, -0.25) is 4.90 Å². The molecule has 6 nitrogen and oxygen atoms in total. The van der Waals surface area contributed by atoms with Crippen molar-refractivity contribution in [1.29, 1.82) is 0 Å². The van der Waals surface area contributed by atoms with Crippen molar-refractivity contribution in [3.8, 4) is 11.5 Å². The molecule has 2 heterocycles. The summed E-state index contributed by atoms with van der Waals surface area (Å²) in [4.78, 5) is 13.3. The van der Waals surface area contributed by atoms with Gasteiger partial charge >= 0.3 is 0 Å². The van der Waals surface area contributed by atoms with Crippen molar-refractivity contribution < 1.29 is 24.5 Å². The number of hydrogen-bond acceptors (Lipinski definition) is 6. The molecule has 2 fully saturated rings. The number of ether oxygens (including phenoxy) is 2. The highest BCUT2D eigenvalue weighted by atomic mass is 16.5. The number of nitrogens with zero attached hydrogens (tertiary/aromatic N) is 1. The van der Waals surface area contributed by atoms with Gasteiger partial charge in [0.25, 0.3) is 0 Å². The quantitative estimate of drug-likeness (QED) is 0.549. The molecule has 1 saturated carbocycles. The van der Waals surface area contributed by atoms with Crippen LogP contribution in [0.15, 0.2) is 12.1 Å². The molecule has 2 aliphatic heterocycles. The van der Waals surface area contributed by atoms with E-state index in [-0.39, 0.29) is 23.3 Å². The Bertz CT molecular complexity index is 827. The second-order valence-corrected chi connectivity index (χ2v) is 9.24. The number of unbranched alkanes of at least 4 members (excludes halogenated alkanes) is 1. The number of benzene rings is 1. The van der Waals surface area contributed by atoms with Gasteiger partial charge in [-0.1, -0.05) is 6.07 Å². The van der Waals surface area contributed by atoms with Crippen molar-refractivity contribution in [2.24, 2.45) is 5.41 Å². The molecular formula is C22H29NO5. The normalized spacial score (nSPS) is 39.8. The maximum atomic E-state index is 12.4. The van der Waals surface area contributed by atoms with Gasteiger partial charge in [0.2, 0.25) is 0 Å². The number of aromatic hydroxyl groups is 1. The molecule has 1 aromatic carbocycles. The zero-order chi connectivity index (χ0) is 19.7. The van der Waals surface area contributed by atoms with E-state index in [1.54, 1.807) is 13.2 Å². The summed E-state index contributed by atoms with van der Waals surface area (Å²) < 4.78 is 11.5. The molecule has 152 valence electrons. The van der Waals surface area contributed by atoms with E-state index in [9.17, 15) is 15.0 Å². The van der Waals surface area contributed by atoms with Crippen molar-refractivity contribution in [3.05, 3.63) is 23.3 Å². The van der Waals surface area contributed by atoms with E-state index >= 15 is 0 Å². The second kappa shape index (κ2) is 5.94. The first kappa shape index (κ1) is 18.4. The van der Waals surface area contributed by atoms with E-state index in [1.807, 2.05) is 13.0 Å². The lowest BCUT2D eigenvalue weighted by molar-refractivity contribution is -0.157. The van der Waals surface area contributed by atoms with Crippen LogP contribution < -0.4 is 4.74 Å². The topological polar surface area (TPSA) is 79.2 Å². The van der Waals surface area contributed by atoms with Crippen LogP contribution in [0, 0.1) is 5.41 Å². The molecule has 1 saturated heterocycles. The van der Waals surface area contributed by atoms with Crippen LogP contribution in [0.1, 0.15) is 43.7 Å². The highest BCUT2D eigenvalue weighted by Crippen LogP contribution is 2.73. The highest BCUT2D eigenvalue weighted by molar-refractivity contribution is 5.63. The van der Waals surface area contributed by atoms with Gasteiger partial charge in [0.1, 0.15) is 12.4 Å². The minimum atomic E-state index is -0.994. The van der Waals surface area contributed by atoms with Crippen LogP contribution in [-0.2, 0) is 21.4 Å². The lowest BCUT2D eigenvalue weighted by Gasteiger charge is -2.58. The number of carbonyl (C=O) groups excluding carboxylic acids is 1. The number of aliphatic hydroxyl groups is 1. The first-order chi connectivity index (χ1) is 13.4. The number of methoxy groups -OCH3 is 1. The first-order valence-electron chi connectivity index (χ1n) is 10.3. The average Bonchev–Trinajstić information content (AvgIpc) is 3.02. The van der Waals surface area contributed by atoms with Crippen LogP contribution in [0.4, 0.5) is 0 Å². The zero-order valence-corrected chi connectivity index (χ0v) is 16.6. The van der Waals surface area contributed by atoms with Crippen molar-refractivity contribution in [2.45, 2.75) is 62.2 Å². The van der Waals surface area contributed by atoms with Gasteiger partial charge < -0.3 is 24.5 Å². The fourth-order valence-electron chi connectivity index (χ4n) is 7.25. The number of phenols is 1. The minimum Gasteiger partial charge on any atom is -0.504 e. The van der Waals surface area contributed by atoms with Crippen LogP contribution in [0.5, 0.6) is 11.5 Å². The number of carbonyl (C=O) groups is 1. The van der Waals surface area contributed by atoms with E-state index < -0.39 is 11.0 Å². The van der Waals surface area contributed by atoms with Gasteiger partial charge in [0.05, 0.1) is 17.6 Å². The lowest BCUT2D eigenvalue weighted by atomic mass is 9.61. The third kappa shape index (κ3) is 1.96. The van der Waals surface area contributed by atoms with Crippen molar-refractivity contribution >= 4 is 6.29 Å². The average molecular weight is 387 g/mol. The van der Waals surface area contributed by atoms with E-state index in [4.69, 9.17) is 9.47 Å². The number of likely N-dealkylation sites (tertiary alicyclic amines) is 1. The molecule has 4 unspecified atom stereocenters. The molecule has 1 aromatic rings. The first-order valence-corrected chi connectivity index (χ1v) is 10.3. The summed E-state index contributed by atoms with van der Waals surface area (Å²) in [7, 11) is 1.70. The summed E-state index contributed by atoms with van der Waals surface area (Å²) in [5, 5.41) is 22.8. The number of phenolic OH excluding ortho intramolecular Hbond substituents is 1. The summed E-state index contributed by atoms with van der Waals surface area (Å²) >= 11 is 0. The molecule has 2 bridgehead atoms. The molecule has 0 amide bonds. The number of aldehydes is 1. The fraction of sp³-hybridized carbons (Fsp3) is 0.682. The number of hydrogen-bond donors (Lipinski definition) is 2. The molecule has 5 rings (SSSR count). The fourth-order valence-corrected chi connectivity index (χ4v) is 7.25. The smallest absolute Gasteiger partial charge is 0.165 e. The van der Waals surface area contributed by atoms with Crippen molar-refractivity contribution in [2.75, 3.05) is 26.8 Å². The largest absolute Gasteiger partial charge is 0.504 e. The monoisotopic (exact) mass is 387 g/mol. The SMILES string of the molecule is COCCN1CC23Cc4ccc(O)c5c4C(C2)([C@H](C)O5)C(O)(CCCC=O)C13. The van der Waals surface area contributed by atoms with Gasteiger partial charge in [0, 0.05) is 43.6 Å². The number of rotatable bonds is 7. The molecule has 0 aromatic heterocycles. The molecule has 0 radical (unpaired) electrons. The molecule has 2 N–H and O–H groups in total. The Kier molecular flexibility index (Phi) is 3.90. The Labute approximate surface area is 165 Å². The molecule has 2 spiro atoms. The minimum absolute atomic E-state index is 0.0207. The van der Waals surface area contributed by atoms with Crippen molar-refractivity contribution in [3.63, 3.8) is 0 Å². The molecule has 6 heteroatoms. The lowest BCUT2D eigenvalue weighted by Crippen LogP contribution is -2.71. The van der Waals surface area contributed by atoms with Crippen LogP contribution in [0.3, 0.4) is 0 Å². The van der Waals surface area contributed by atoms with Crippen LogP contribution in [0.25, 0.3) is 0 Å². The van der Waals surface area contributed by atoms with Gasteiger partial charge in [-0.25, -0.2) is 0 Å². The van der Waals surface area contributed by atoms with Gasteiger partial charge in [-0.2, -0.15) is 0 Å². The summed E-state index contributed by atoms with van der Waals surface area (Å²) in [6.45, 7) is 4.39. The van der Waals surface area contributed by atoms with Crippen LogP contribution in [0.2, 0.25) is 0 Å². The standard InChI is InChI=1S/C22H29NO5/c1-14-21-12-20(11-15-5-6-16(25)18(28-14)17(15)21)13-23(8-10-27-2)19(20)22(21,26)7-3-4-9-24/h5-6,9,14,19,25-26H,3-4,7-8,10-13H2,1-2H3/t14-,19?,20?,21?,22?/m0/s1. The predicted octanol–water partition coefficient (Wildman–Crippen LogP) is 1.79. The van der Waals surface area contributed by atoms with Crippen LogP contribution >= 0.6 is 0 Å². The molecule has 4 aliphatic rings. The molecule has 28 heavy (non-hydrogen) atoms. The zero-order valence-electron chi connectivity index (χ0n) is 16.6. The molecular weight excluding hydrogens is 358 g/mol. The third-order valence-corrected chi connectivity index (χ3v) is 7.98. The Hall–Kier alpha value is -1.63. The van der Waals surface area contributed by atoms with E-state index in [0.717, 1.165) is 37.8 Å². The second-order valence-electron chi connectivity index (χ2n) is 9.24. The summed E-state index contributed by atoms with van der Waals surface area (Å²) in [6.07, 6.45) is 4.15. The summed E-state index contributed by atoms with van der Waals surface area (Å²) in [5.41, 5.74) is 0.703. The summed E-state index contributed by atoms with van der Waals surface area (Å²) in [5.74, 6) is 0.711. The molecule has 2 aliphatic carbocycles. The Morgan fingerprint density at radius 2 is 2.25 bits per heavy atom. The van der Waals surface area contributed by atoms with Gasteiger partial charge in [-0.15, -0.1) is 0 Å². The Morgan fingerprint density at radius 1 is 1.43 bits per heavy atom. The summed E-state index contributed by atoms with van der Waals surface area (Å²) in [6, 6.07) is 3.76. The maximum Gasteiger partial charge on any atom is 0.165 e. The Morgan fingerprint density at radius 3 is 3.00 bits per heavy atom. The van der Waals surface area contributed by atoms with E-state index in [2.05, 4.69) is 4.90 Å². The van der Waals surface area contributed by atoms with Crippen molar-refractivity contribution in [1.82, 2.24) is 4.90 Å². The van der Waals surface area contributed by atoms with Gasteiger partial charge in [0.15, 0.2) is 11.5 Å². The van der Waals surface area contributed by atoms with Crippen LogP contribution in [-0.4, -0.2) is 66.0 Å².